The first-order chi connectivity index (χ1) is 5.18. The minimum absolute atomic E-state index is 0.130. The van der Waals surface area contributed by atoms with Gasteiger partial charge in [0.25, 0.3) is 0 Å². The molecule has 0 heterocycles. The number of unbranched alkanes of at least 4 members (excludes halogenated alkanes) is 1. The largest absolute Gasteiger partial charge is 0.479 e. The van der Waals surface area contributed by atoms with E-state index < -0.39 is 12.1 Å². The lowest BCUT2D eigenvalue weighted by molar-refractivity contribution is -0.149. The Hall–Kier alpha value is -0.610. The molecule has 0 aromatic heterocycles. The van der Waals surface area contributed by atoms with Crippen LogP contribution in [0.4, 0.5) is 0 Å². The van der Waals surface area contributed by atoms with Crippen molar-refractivity contribution in [3.63, 3.8) is 0 Å². The molecule has 0 saturated heterocycles. The number of aliphatic hydroxyl groups excluding tert-OH is 1. The number of aliphatic hydroxyl groups is 1. The average Bonchev–Trinajstić information content (AvgIpc) is 1.97. The highest BCUT2D eigenvalue weighted by molar-refractivity contribution is 5.71. The first-order valence-corrected chi connectivity index (χ1v) is 3.63. The predicted octanol–water partition coefficient (Wildman–Crippen LogP) is 0.249. The average molecular weight is 162 g/mol. The van der Waals surface area contributed by atoms with Gasteiger partial charge in [0.15, 0.2) is 6.10 Å². The quantitative estimate of drug-likeness (QED) is 0.549. The third-order valence-electron chi connectivity index (χ3n) is 1.27. The van der Waals surface area contributed by atoms with Gasteiger partial charge >= 0.3 is 5.97 Å². The molecule has 0 spiro atoms. The summed E-state index contributed by atoms with van der Waals surface area (Å²) in [6, 6.07) is 0. The summed E-state index contributed by atoms with van der Waals surface area (Å²) in [4.78, 5) is 10.2. The minimum atomic E-state index is -0.950. The van der Waals surface area contributed by atoms with Crippen LogP contribution >= 0.6 is 0 Å². The van der Waals surface area contributed by atoms with Crippen LogP contribution in [-0.4, -0.2) is 35.5 Å². The fraction of sp³-hybridized carbons (Fsp3) is 0.857. The Morgan fingerprint density at radius 3 is 2.64 bits per heavy atom. The third kappa shape index (κ3) is 5.82. The molecule has 0 saturated carbocycles. The smallest absolute Gasteiger partial charge is 0.332 e. The maximum absolute atomic E-state index is 10.2. The number of ether oxygens (including phenoxy) is 1. The Morgan fingerprint density at radius 1 is 1.55 bits per heavy atom. The number of aliphatic carboxylic acids is 1. The van der Waals surface area contributed by atoms with E-state index in [1.807, 2.05) is 0 Å². The zero-order valence-electron chi connectivity index (χ0n) is 6.62. The van der Waals surface area contributed by atoms with Crippen molar-refractivity contribution >= 4 is 5.97 Å². The molecular formula is C7H14O4. The van der Waals surface area contributed by atoms with Gasteiger partial charge in [-0.05, 0) is 19.8 Å². The molecule has 11 heavy (non-hydrogen) atoms. The van der Waals surface area contributed by atoms with Gasteiger partial charge in [0, 0.05) is 13.2 Å². The molecule has 0 aromatic rings. The molecule has 4 heteroatoms. The van der Waals surface area contributed by atoms with Gasteiger partial charge in [-0.1, -0.05) is 0 Å². The summed E-state index contributed by atoms with van der Waals surface area (Å²) in [5.74, 6) is -0.950. The summed E-state index contributed by atoms with van der Waals surface area (Å²) in [6.07, 6.45) is 0.620. The molecule has 0 aliphatic rings. The van der Waals surface area contributed by atoms with Crippen molar-refractivity contribution < 1.29 is 19.7 Å². The Morgan fingerprint density at radius 2 is 2.18 bits per heavy atom. The monoisotopic (exact) mass is 162 g/mol. The molecule has 4 nitrogen and oxygen atoms in total. The molecule has 0 rings (SSSR count). The molecule has 2 N–H and O–H groups in total. The van der Waals surface area contributed by atoms with Crippen molar-refractivity contribution in [3.05, 3.63) is 0 Å². The number of carboxylic acid groups (broad SMARTS) is 1. The lowest BCUT2D eigenvalue weighted by atomic mass is 10.3. The number of carbonyl (C=O) groups is 1. The van der Waals surface area contributed by atoms with E-state index in [1.54, 1.807) is 0 Å². The van der Waals surface area contributed by atoms with Crippen molar-refractivity contribution in [3.8, 4) is 0 Å². The van der Waals surface area contributed by atoms with E-state index in [-0.39, 0.29) is 6.61 Å². The van der Waals surface area contributed by atoms with Crippen molar-refractivity contribution in [1.29, 1.82) is 0 Å². The van der Waals surface area contributed by atoms with Crippen molar-refractivity contribution in [2.24, 2.45) is 0 Å². The molecule has 0 aliphatic carbocycles. The molecule has 0 bridgehead atoms. The van der Waals surface area contributed by atoms with E-state index in [4.69, 9.17) is 14.9 Å². The maximum atomic E-state index is 10.2. The van der Waals surface area contributed by atoms with Gasteiger partial charge in [-0.3, -0.25) is 0 Å². The summed E-state index contributed by atoms with van der Waals surface area (Å²) in [6.45, 7) is 2.01. The fourth-order valence-corrected chi connectivity index (χ4v) is 0.545. The summed E-state index contributed by atoms with van der Waals surface area (Å²) in [5.41, 5.74) is 0. The standard InChI is InChI=1S/C7H14O4/c1-6(7(9)10)11-5-3-2-4-8/h6,8H,2-5H2,1H3,(H,9,10)/t6-/m1/s1. The van der Waals surface area contributed by atoms with E-state index in [0.29, 0.717) is 19.4 Å². The Balaban J connectivity index is 3.17. The lowest BCUT2D eigenvalue weighted by Crippen LogP contribution is -2.20. The molecular weight excluding hydrogens is 148 g/mol. The lowest BCUT2D eigenvalue weighted by Gasteiger charge is -2.06. The Labute approximate surface area is 65.8 Å². The molecule has 0 fully saturated rings. The Bertz CT molecular complexity index is 113. The summed E-state index contributed by atoms with van der Waals surface area (Å²) in [7, 11) is 0. The SMILES string of the molecule is C[C@@H](OCCCCO)C(=O)O. The third-order valence-corrected chi connectivity index (χ3v) is 1.27. The zero-order chi connectivity index (χ0) is 8.69. The second kappa shape index (κ2) is 6.12. The molecule has 1 atom stereocenters. The first kappa shape index (κ1) is 10.4. The number of hydrogen-bond acceptors (Lipinski definition) is 3. The highest BCUT2D eigenvalue weighted by Crippen LogP contribution is 1.94. The highest BCUT2D eigenvalue weighted by atomic mass is 16.5. The summed E-state index contributed by atoms with van der Waals surface area (Å²) in [5, 5.41) is 16.7. The second-order valence-corrected chi connectivity index (χ2v) is 2.28. The van der Waals surface area contributed by atoms with Gasteiger partial charge in [0.05, 0.1) is 0 Å². The van der Waals surface area contributed by atoms with Crippen LogP contribution < -0.4 is 0 Å². The molecule has 0 aliphatic heterocycles. The highest BCUT2D eigenvalue weighted by Gasteiger charge is 2.09. The van der Waals surface area contributed by atoms with E-state index in [1.165, 1.54) is 6.92 Å². The van der Waals surface area contributed by atoms with Gasteiger partial charge in [0.1, 0.15) is 0 Å². The second-order valence-electron chi connectivity index (χ2n) is 2.28. The molecule has 0 amide bonds. The van der Waals surface area contributed by atoms with Crippen LogP contribution in [0.15, 0.2) is 0 Å². The fourth-order valence-electron chi connectivity index (χ4n) is 0.545. The topological polar surface area (TPSA) is 66.8 Å². The van der Waals surface area contributed by atoms with Crippen LogP contribution in [0.1, 0.15) is 19.8 Å². The maximum Gasteiger partial charge on any atom is 0.332 e. The van der Waals surface area contributed by atoms with Crippen LogP contribution in [0.5, 0.6) is 0 Å². The van der Waals surface area contributed by atoms with Crippen LogP contribution in [0.25, 0.3) is 0 Å². The van der Waals surface area contributed by atoms with E-state index in [9.17, 15) is 4.79 Å². The molecule has 0 radical (unpaired) electrons. The Kier molecular flexibility index (Phi) is 5.78. The number of carboxylic acids is 1. The van der Waals surface area contributed by atoms with Crippen molar-refractivity contribution in [2.75, 3.05) is 13.2 Å². The molecule has 66 valence electrons. The molecule has 0 unspecified atom stereocenters. The zero-order valence-corrected chi connectivity index (χ0v) is 6.62. The normalized spacial score (nSPS) is 12.9. The number of hydrogen-bond donors (Lipinski definition) is 2. The predicted molar refractivity (Wildman–Crippen MR) is 39.4 cm³/mol. The van der Waals surface area contributed by atoms with Crippen LogP contribution in [0.3, 0.4) is 0 Å². The molecule has 0 aromatic carbocycles. The van der Waals surface area contributed by atoms with Gasteiger partial charge in [-0.15, -0.1) is 0 Å². The summed E-state index contributed by atoms with van der Waals surface area (Å²) < 4.78 is 4.89. The van der Waals surface area contributed by atoms with E-state index in [0.717, 1.165) is 0 Å². The van der Waals surface area contributed by atoms with Crippen LogP contribution in [0, 0.1) is 0 Å². The van der Waals surface area contributed by atoms with Gasteiger partial charge in [-0.25, -0.2) is 4.79 Å². The van der Waals surface area contributed by atoms with E-state index >= 15 is 0 Å². The van der Waals surface area contributed by atoms with E-state index in [2.05, 4.69) is 0 Å². The van der Waals surface area contributed by atoms with Crippen molar-refractivity contribution in [1.82, 2.24) is 0 Å². The summed E-state index contributed by atoms with van der Waals surface area (Å²) >= 11 is 0. The van der Waals surface area contributed by atoms with Gasteiger partial charge in [0.2, 0.25) is 0 Å². The van der Waals surface area contributed by atoms with Crippen molar-refractivity contribution in [2.45, 2.75) is 25.9 Å². The minimum Gasteiger partial charge on any atom is -0.479 e. The van der Waals surface area contributed by atoms with Crippen LogP contribution in [-0.2, 0) is 9.53 Å². The van der Waals surface area contributed by atoms with Gasteiger partial charge in [-0.2, -0.15) is 0 Å². The van der Waals surface area contributed by atoms with Gasteiger partial charge < -0.3 is 14.9 Å². The first-order valence-electron chi connectivity index (χ1n) is 3.63. The number of rotatable bonds is 6. The van der Waals surface area contributed by atoms with Crippen LogP contribution in [0.2, 0.25) is 0 Å².